The minimum atomic E-state index is 0.912. The highest BCUT2D eigenvalue weighted by atomic mass is 32.1. The molecule has 3 nitrogen and oxygen atoms in total. The first-order valence-electron chi connectivity index (χ1n) is 5.07. The first-order chi connectivity index (χ1) is 6.63. The van der Waals surface area contributed by atoms with Gasteiger partial charge in [-0.1, -0.05) is 25.6 Å². The summed E-state index contributed by atoms with van der Waals surface area (Å²) in [7, 11) is 4.14. The predicted molar refractivity (Wildman–Crippen MR) is 62.2 cm³/mol. The summed E-state index contributed by atoms with van der Waals surface area (Å²) in [5.41, 5.74) is 1.25. The molecule has 0 radical (unpaired) electrons. The molecule has 0 saturated heterocycles. The molecule has 0 spiro atoms. The standard InChI is InChI=1S/C10H19N3S/c1-4-5-9-8-10(14)13(11-9)7-6-12(2)3/h8,11H,4-7H2,1-3H3. The van der Waals surface area contributed by atoms with Crippen LogP contribution in [0.4, 0.5) is 0 Å². The summed E-state index contributed by atoms with van der Waals surface area (Å²) in [6.07, 6.45) is 2.24. The summed E-state index contributed by atoms with van der Waals surface area (Å²) in [5.74, 6) is 0. The molecule has 0 aliphatic rings. The van der Waals surface area contributed by atoms with Crippen LogP contribution in [0.1, 0.15) is 19.0 Å². The van der Waals surface area contributed by atoms with Crippen LogP contribution in [0.15, 0.2) is 6.07 Å². The van der Waals surface area contributed by atoms with E-state index in [4.69, 9.17) is 12.2 Å². The van der Waals surface area contributed by atoms with Crippen molar-refractivity contribution in [2.75, 3.05) is 20.6 Å². The van der Waals surface area contributed by atoms with Crippen molar-refractivity contribution in [1.82, 2.24) is 14.7 Å². The van der Waals surface area contributed by atoms with E-state index in [9.17, 15) is 0 Å². The van der Waals surface area contributed by atoms with Gasteiger partial charge in [0.15, 0.2) is 0 Å². The number of aromatic nitrogens is 2. The number of nitrogens with zero attached hydrogens (tertiary/aromatic N) is 2. The van der Waals surface area contributed by atoms with E-state index < -0.39 is 0 Å². The van der Waals surface area contributed by atoms with E-state index in [1.807, 2.05) is 4.68 Å². The maximum Gasteiger partial charge on any atom is 0.122 e. The van der Waals surface area contributed by atoms with Crippen molar-refractivity contribution in [2.45, 2.75) is 26.3 Å². The van der Waals surface area contributed by atoms with Crippen molar-refractivity contribution in [3.63, 3.8) is 0 Å². The fourth-order valence-electron chi connectivity index (χ4n) is 1.35. The molecular formula is C10H19N3S. The van der Waals surface area contributed by atoms with Crippen molar-refractivity contribution < 1.29 is 0 Å². The molecular weight excluding hydrogens is 194 g/mol. The molecule has 1 aromatic heterocycles. The second-order valence-corrected chi connectivity index (χ2v) is 4.24. The van der Waals surface area contributed by atoms with E-state index >= 15 is 0 Å². The van der Waals surface area contributed by atoms with Crippen molar-refractivity contribution in [3.05, 3.63) is 16.4 Å². The van der Waals surface area contributed by atoms with Crippen LogP contribution in [0.2, 0.25) is 0 Å². The van der Waals surface area contributed by atoms with E-state index in [0.29, 0.717) is 0 Å². The normalized spacial score (nSPS) is 11.1. The van der Waals surface area contributed by atoms with Gasteiger partial charge in [0.2, 0.25) is 0 Å². The fourth-order valence-corrected chi connectivity index (χ4v) is 1.63. The first kappa shape index (κ1) is 11.5. The third-order valence-electron chi connectivity index (χ3n) is 2.13. The summed E-state index contributed by atoms with van der Waals surface area (Å²) in [6.45, 7) is 4.13. The number of aromatic amines is 1. The third kappa shape index (κ3) is 3.27. The van der Waals surface area contributed by atoms with Crippen LogP contribution >= 0.6 is 12.2 Å². The van der Waals surface area contributed by atoms with E-state index in [0.717, 1.165) is 30.6 Å². The second kappa shape index (κ2) is 5.32. The molecule has 4 heteroatoms. The van der Waals surface area contributed by atoms with Crippen molar-refractivity contribution in [3.8, 4) is 0 Å². The smallest absolute Gasteiger partial charge is 0.122 e. The van der Waals surface area contributed by atoms with Crippen LogP contribution in [0.5, 0.6) is 0 Å². The van der Waals surface area contributed by atoms with E-state index in [1.54, 1.807) is 0 Å². The van der Waals surface area contributed by atoms with Gasteiger partial charge in [-0.2, -0.15) is 0 Å². The lowest BCUT2D eigenvalue weighted by atomic mass is 10.3. The Hall–Kier alpha value is -0.610. The lowest BCUT2D eigenvalue weighted by Crippen LogP contribution is -2.19. The van der Waals surface area contributed by atoms with Crippen LogP contribution in [0, 0.1) is 4.64 Å². The Morgan fingerprint density at radius 3 is 2.79 bits per heavy atom. The van der Waals surface area contributed by atoms with Crippen molar-refractivity contribution >= 4 is 12.2 Å². The number of nitrogens with one attached hydrogen (secondary N) is 1. The molecule has 1 rings (SSSR count). The Labute approximate surface area is 90.7 Å². The Morgan fingerprint density at radius 2 is 2.21 bits per heavy atom. The molecule has 0 aromatic carbocycles. The highest BCUT2D eigenvalue weighted by molar-refractivity contribution is 7.71. The lowest BCUT2D eigenvalue weighted by molar-refractivity contribution is 0.371. The summed E-state index contributed by atoms with van der Waals surface area (Å²) in [4.78, 5) is 2.15. The van der Waals surface area contributed by atoms with Gasteiger partial charge in [0, 0.05) is 12.2 Å². The highest BCUT2D eigenvalue weighted by Gasteiger charge is 1.99. The Morgan fingerprint density at radius 1 is 1.50 bits per heavy atom. The maximum absolute atomic E-state index is 5.25. The quantitative estimate of drug-likeness (QED) is 0.757. The average molecular weight is 213 g/mol. The van der Waals surface area contributed by atoms with E-state index in [2.05, 4.69) is 37.1 Å². The SMILES string of the molecule is CCCc1cc(=S)n(CCN(C)C)[nH]1. The Kier molecular flexibility index (Phi) is 4.35. The first-order valence-corrected chi connectivity index (χ1v) is 5.47. The van der Waals surface area contributed by atoms with Crippen LogP contribution in [0.25, 0.3) is 0 Å². The minimum Gasteiger partial charge on any atom is -0.308 e. The molecule has 1 N–H and O–H groups in total. The molecule has 0 fully saturated rings. The predicted octanol–water partition coefficient (Wildman–Crippen LogP) is 2.06. The molecule has 0 bridgehead atoms. The van der Waals surface area contributed by atoms with Crippen LogP contribution in [-0.2, 0) is 13.0 Å². The number of rotatable bonds is 5. The summed E-state index contributed by atoms with van der Waals surface area (Å²) >= 11 is 5.25. The second-order valence-electron chi connectivity index (χ2n) is 3.82. The number of aryl methyl sites for hydroxylation is 1. The van der Waals surface area contributed by atoms with Gasteiger partial charge in [-0.05, 0) is 26.6 Å². The van der Waals surface area contributed by atoms with Crippen LogP contribution in [0.3, 0.4) is 0 Å². The topological polar surface area (TPSA) is 24.0 Å². The molecule has 14 heavy (non-hydrogen) atoms. The van der Waals surface area contributed by atoms with E-state index in [1.165, 1.54) is 5.69 Å². The Bertz CT molecular complexity index is 324. The molecule has 0 unspecified atom stereocenters. The molecule has 80 valence electrons. The number of likely N-dealkylation sites (N-methyl/N-ethyl adjacent to an activating group) is 1. The van der Waals surface area contributed by atoms with Crippen molar-refractivity contribution in [1.29, 1.82) is 0 Å². The van der Waals surface area contributed by atoms with Crippen molar-refractivity contribution in [2.24, 2.45) is 0 Å². The largest absolute Gasteiger partial charge is 0.308 e. The lowest BCUT2D eigenvalue weighted by Gasteiger charge is -2.09. The van der Waals surface area contributed by atoms with Gasteiger partial charge in [0.1, 0.15) is 4.64 Å². The van der Waals surface area contributed by atoms with Gasteiger partial charge in [0.25, 0.3) is 0 Å². The number of hydrogen-bond donors (Lipinski definition) is 1. The molecule has 1 heterocycles. The van der Waals surface area contributed by atoms with Crippen LogP contribution < -0.4 is 0 Å². The summed E-state index contributed by atoms with van der Waals surface area (Å²) < 4.78 is 2.95. The molecule has 0 aliphatic carbocycles. The number of H-pyrrole nitrogens is 1. The molecule has 0 atom stereocenters. The monoisotopic (exact) mass is 213 g/mol. The minimum absolute atomic E-state index is 0.912. The highest BCUT2D eigenvalue weighted by Crippen LogP contribution is 2.02. The van der Waals surface area contributed by atoms with Gasteiger partial charge in [0.05, 0.1) is 6.54 Å². The summed E-state index contributed by atoms with van der Waals surface area (Å²) in [5, 5.41) is 3.32. The Balaban J connectivity index is 2.63. The van der Waals surface area contributed by atoms with Gasteiger partial charge < -0.3 is 10.00 Å². The van der Waals surface area contributed by atoms with Gasteiger partial charge in [-0.15, -0.1) is 0 Å². The molecule has 0 amide bonds. The number of hydrogen-bond acceptors (Lipinski definition) is 2. The zero-order valence-corrected chi connectivity index (χ0v) is 10.0. The third-order valence-corrected chi connectivity index (χ3v) is 2.47. The van der Waals surface area contributed by atoms with E-state index in [-0.39, 0.29) is 0 Å². The molecule has 0 aliphatic heterocycles. The fraction of sp³-hybridized carbons (Fsp3) is 0.700. The molecule has 1 aromatic rings. The average Bonchev–Trinajstić information content (AvgIpc) is 2.44. The summed E-state index contributed by atoms with van der Waals surface area (Å²) in [6, 6.07) is 2.06. The molecule has 0 saturated carbocycles. The zero-order valence-electron chi connectivity index (χ0n) is 9.21. The maximum atomic E-state index is 5.25. The van der Waals surface area contributed by atoms with Crippen LogP contribution in [-0.4, -0.2) is 35.3 Å². The van der Waals surface area contributed by atoms with Gasteiger partial charge >= 0.3 is 0 Å². The zero-order chi connectivity index (χ0) is 10.6. The van der Waals surface area contributed by atoms with Gasteiger partial charge in [-0.3, -0.25) is 4.68 Å². The van der Waals surface area contributed by atoms with Gasteiger partial charge in [-0.25, -0.2) is 0 Å².